The smallest absolute Gasteiger partial charge is 0.128 e. The van der Waals surface area contributed by atoms with Crippen molar-refractivity contribution in [1.29, 1.82) is 0 Å². The molecule has 2 aliphatic rings. The molecule has 2 aliphatic heterocycles. The number of nitrogens with one attached hydrogen (secondary N) is 1. The van der Waals surface area contributed by atoms with Crippen LogP contribution in [0.2, 0.25) is 0 Å². The van der Waals surface area contributed by atoms with Gasteiger partial charge in [-0.2, -0.15) is 10.2 Å². The predicted molar refractivity (Wildman–Crippen MR) is 122 cm³/mol. The Morgan fingerprint density at radius 3 is 2.71 bits per heavy atom. The molecule has 1 N–H and O–H groups in total. The molecular weight excluding hydrogens is 388 g/mol. The van der Waals surface area contributed by atoms with Crippen LogP contribution >= 0.6 is 0 Å². The molecule has 4 aromatic rings. The lowest BCUT2D eigenvalue weighted by Crippen LogP contribution is -2.43. The summed E-state index contributed by atoms with van der Waals surface area (Å²) in [6, 6.07) is 7.67. The van der Waals surface area contributed by atoms with E-state index in [0.717, 1.165) is 52.2 Å². The summed E-state index contributed by atoms with van der Waals surface area (Å²) in [6.45, 7) is 2.09. The summed E-state index contributed by atoms with van der Waals surface area (Å²) in [5, 5.41) is 12.5. The van der Waals surface area contributed by atoms with E-state index in [-0.39, 0.29) is 0 Å². The first-order valence-electron chi connectivity index (χ1n) is 10.6. The molecule has 2 bridgehead atoms. The topological polar surface area (TPSA) is 75.6 Å². The van der Waals surface area contributed by atoms with Gasteiger partial charge in [-0.25, -0.2) is 9.50 Å². The van der Waals surface area contributed by atoms with Crippen LogP contribution in [0.5, 0.6) is 0 Å². The van der Waals surface area contributed by atoms with Gasteiger partial charge in [-0.3, -0.25) is 9.67 Å². The summed E-state index contributed by atoms with van der Waals surface area (Å²) in [6.07, 6.45) is 12.8. The number of hydrogen-bond acceptors (Lipinski definition) is 6. The van der Waals surface area contributed by atoms with Crippen molar-refractivity contribution in [1.82, 2.24) is 29.7 Å². The largest absolute Gasteiger partial charge is 0.351 e. The van der Waals surface area contributed by atoms with Crippen LogP contribution in [-0.4, -0.2) is 62.8 Å². The summed E-state index contributed by atoms with van der Waals surface area (Å²) in [4.78, 5) is 11.5. The quantitative estimate of drug-likeness (QED) is 0.521. The Morgan fingerprint density at radius 2 is 2.03 bits per heavy atom. The summed E-state index contributed by atoms with van der Waals surface area (Å²) in [5.74, 6) is 1.06. The van der Waals surface area contributed by atoms with Crippen LogP contribution < -0.4 is 10.2 Å². The molecular formula is C23H24N8. The van der Waals surface area contributed by atoms with Crippen molar-refractivity contribution >= 4 is 17.5 Å². The van der Waals surface area contributed by atoms with Crippen molar-refractivity contribution in [3.63, 3.8) is 0 Å². The van der Waals surface area contributed by atoms with Gasteiger partial charge in [0.2, 0.25) is 0 Å². The molecule has 8 nitrogen and oxygen atoms in total. The Labute approximate surface area is 180 Å². The zero-order valence-electron chi connectivity index (χ0n) is 17.6. The van der Waals surface area contributed by atoms with E-state index in [9.17, 15) is 0 Å². The van der Waals surface area contributed by atoms with E-state index in [2.05, 4.69) is 43.6 Å². The SMILES string of the molecule is CN=Cc1cnn2cc(-c3cnn(C)c3)cc(-c3ccc(N4C[C@@H]5C[C@H]4CN5)nc3)c12. The molecule has 2 atom stereocenters. The standard InChI is InChI=1S/C23H24N8/c1-24-7-17-9-28-31-13-16(18-10-27-29(2)12-18)5-21(23(17)31)15-3-4-22(26-8-15)30-14-19-6-20(30)11-25-19/h3-5,7-10,12-13,19-20,25H,6,11,14H2,1-2H3/t19-,20-/m0/s1. The minimum absolute atomic E-state index is 0.561. The normalized spacial score (nSPS) is 20.5. The predicted octanol–water partition coefficient (Wildman–Crippen LogP) is 2.40. The average Bonchev–Trinajstić information content (AvgIpc) is 3.58. The highest BCUT2D eigenvalue weighted by Gasteiger charge is 2.38. The summed E-state index contributed by atoms with van der Waals surface area (Å²) in [7, 11) is 3.71. The lowest BCUT2D eigenvalue weighted by molar-refractivity contribution is 0.576. The molecule has 4 aromatic heterocycles. The molecule has 6 heterocycles. The lowest BCUT2D eigenvalue weighted by Gasteiger charge is -2.28. The van der Waals surface area contributed by atoms with Gasteiger partial charge in [0.15, 0.2) is 0 Å². The number of fused-ring (bicyclic) bond motifs is 3. The van der Waals surface area contributed by atoms with Crippen molar-refractivity contribution in [2.24, 2.45) is 12.0 Å². The fourth-order valence-electron chi connectivity index (χ4n) is 4.88. The van der Waals surface area contributed by atoms with Crippen LogP contribution in [-0.2, 0) is 7.05 Å². The molecule has 0 radical (unpaired) electrons. The number of piperazine rings is 1. The fourth-order valence-corrected chi connectivity index (χ4v) is 4.88. The van der Waals surface area contributed by atoms with Gasteiger partial charge < -0.3 is 10.2 Å². The van der Waals surface area contributed by atoms with Gasteiger partial charge in [0.05, 0.1) is 17.9 Å². The third kappa shape index (κ3) is 3.02. The third-order valence-electron chi connectivity index (χ3n) is 6.36. The summed E-state index contributed by atoms with van der Waals surface area (Å²) in [5.41, 5.74) is 6.27. The first-order valence-corrected chi connectivity index (χ1v) is 10.6. The number of hydrogen-bond donors (Lipinski definition) is 1. The van der Waals surface area contributed by atoms with E-state index in [1.54, 1.807) is 7.05 Å². The molecule has 0 unspecified atom stereocenters. The first-order chi connectivity index (χ1) is 15.2. The molecule has 0 spiro atoms. The second-order valence-electron chi connectivity index (χ2n) is 8.38. The third-order valence-corrected chi connectivity index (χ3v) is 6.36. The molecule has 2 fully saturated rings. The minimum Gasteiger partial charge on any atom is -0.351 e. The van der Waals surface area contributed by atoms with E-state index >= 15 is 0 Å². The Bertz CT molecular complexity index is 1280. The monoisotopic (exact) mass is 412 g/mol. The molecule has 6 rings (SSSR count). The molecule has 31 heavy (non-hydrogen) atoms. The summed E-state index contributed by atoms with van der Waals surface area (Å²) < 4.78 is 3.74. The van der Waals surface area contributed by atoms with E-state index in [1.165, 1.54) is 6.42 Å². The minimum atomic E-state index is 0.561. The van der Waals surface area contributed by atoms with Gasteiger partial charge in [0, 0.05) is 91.9 Å². The van der Waals surface area contributed by atoms with Crippen LogP contribution in [0.3, 0.4) is 0 Å². The van der Waals surface area contributed by atoms with Crippen LogP contribution in [0, 0.1) is 0 Å². The van der Waals surface area contributed by atoms with Crippen molar-refractivity contribution < 1.29 is 0 Å². The van der Waals surface area contributed by atoms with Crippen molar-refractivity contribution in [2.45, 2.75) is 18.5 Å². The van der Waals surface area contributed by atoms with Gasteiger partial charge in [-0.1, -0.05) is 0 Å². The van der Waals surface area contributed by atoms with Crippen molar-refractivity contribution in [3.05, 3.63) is 54.7 Å². The zero-order chi connectivity index (χ0) is 20.9. The van der Waals surface area contributed by atoms with E-state index in [4.69, 9.17) is 4.98 Å². The number of nitrogens with zero attached hydrogens (tertiary/aromatic N) is 7. The maximum absolute atomic E-state index is 4.85. The van der Waals surface area contributed by atoms with E-state index in [0.29, 0.717) is 12.1 Å². The number of pyridine rings is 2. The Morgan fingerprint density at radius 1 is 1.10 bits per heavy atom. The number of rotatable bonds is 4. The van der Waals surface area contributed by atoms with Gasteiger partial charge >= 0.3 is 0 Å². The highest BCUT2D eigenvalue weighted by Crippen LogP contribution is 2.33. The molecule has 0 aromatic carbocycles. The maximum Gasteiger partial charge on any atom is 0.128 e. The zero-order valence-corrected chi connectivity index (χ0v) is 17.6. The van der Waals surface area contributed by atoms with Crippen molar-refractivity contribution in [3.8, 4) is 22.3 Å². The van der Waals surface area contributed by atoms with E-state index < -0.39 is 0 Å². The van der Waals surface area contributed by atoms with Crippen LogP contribution in [0.15, 0.2) is 54.2 Å². The highest BCUT2D eigenvalue weighted by atomic mass is 15.3. The molecule has 2 saturated heterocycles. The second kappa shape index (κ2) is 7.02. The van der Waals surface area contributed by atoms with E-state index in [1.807, 2.05) is 53.4 Å². The first kappa shape index (κ1) is 18.3. The maximum atomic E-state index is 4.85. The lowest BCUT2D eigenvalue weighted by atomic mass is 10.0. The molecule has 0 amide bonds. The van der Waals surface area contributed by atoms with Gasteiger partial charge in [0.25, 0.3) is 0 Å². The number of anilines is 1. The molecule has 156 valence electrons. The Hall–Kier alpha value is -3.52. The molecule has 8 heteroatoms. The van der Waals surface area contributed by atoms with Gasteiger partial charge in [0.1, 0.15) is 5.82 Å². The number of aliphatic imine (C=N–C) groups is 1. The summed E-state index contributed by atoms with van der Waals surface area (Å²) >= 11 is 0. The van der Waals surface area contributed by atoms with Gasteiger partial charge in [-0.15, -0.1) is 0 Å². The number of aromatic nitrogens is 5. The highest BCUT2D eigenvalue weighted by molar-refractivity contribution is 5.97. The van der Waals surface area contributed by atoms with Gasteiger partial charge in [-0.05, 0) is 24.6 Å². The van der Waals surface area contributed by atoms with Crippen LogP contribution in [0.4, 0.5) is 5.82 Å². The fraction of sp³-hybridized carbons (Fsp3) is 0.304. The van der Waals surface area contributed by atoms with Crippen LogP contribution in [0.1, 0.15) is 12.0 Å². The second-order valence-corrected chi connectivity index (χ2v) is 8.38. The Kier molecular flexibility index (Phi) is 4.14. The molecule has 0 aliphatic carbocycles. The van der Waals surface area contributed by atoms with Crippen molar-refractivity contribution in [2.75, 3.05) is 25.0 Å². The molecule has 0 saturated carbocycles. The average molecular weight is 413 g/mol. The number of aryl methyl sites for hydroxylation is 1. The Balaban J connectivity index is 1.46. The van der Waals surface area contributed by atoms with Crippen LogP contribution in [0.25, 0.3) is 27.8 Å².